The Kier molecular flexibility index (Phi) is 84500. The molecule has 0 N–H and O–H groups in total. The van der Waals surface area contributed by atoms with Gasteiger partial charge in [-0.2, -0.15) is 0 Å². The average molecular weight is 262 g/mol. The fraction of sp³-hybridized carbons (Fsp3) is 0. The Labute approximate surface area is 51.5 Å². The maximum atomic E-state index is 0. The fourth-order valence-corrected chi connectivity index (χ4v) is 0. The van der Waals surface area contributed by atoms with Gasteiger partial charge in [0, 0.05) is 50.9 Å². The van der Waals surface area contributed by atoms with Gasteiger partial charge in [-0.05, 0) is 0 Å². The van der Waals surface area contributed by atoms with Crippen LogP contribution < -0.4 is 30.8 Å². The molecule has 16 radical (unpaired) electrons. The van der Waals surface area contributed by atoms with Gasteiger partial charge in [0.1, 0.15) is 0 Å². The normalized spacial score (nSPS) is 0. The van der Waals surface area contributed by atoms with Crippen molar-refractivity contribution in [1.29, 1.82) is 0 Å². The van der Waals surface area contributed by atoms with Crippen molar-refractivity contribution in [3.05, 3.63) is 0 Å². The zero-order valence-corrected chi connectivity index (χ0v) is 4.96. The molecular weight excluding hydrogens is 262 g/mol. The van der Waals surface area contributed by atoms with E-state index in [2.05, 4.69) is 0 Å². The quantitative estimate of drug-likeness (QED) is 0.456. The molecule has 6 heteroatoms. The average Bonchev–Trinajstić information content (AvgIpc) is 0. The molecule has 0 aliphatic carbocycles. The van der Waals surface area contributed by atoms with E-state index >= 15 is 0 Å². The predicted molar refractivity (Wildman–Crippen MR) is 10.7 cm³/mol. The summed E-state index contributed by atoms with van der Waals surface area (Å²) in [4.78, 5) is 0. The Bertz CT molecular complexity index is 3.90. The zero-order chi connectivity index (χ0) is 0. The van der Waals surface area contributed by atoms with Crippen LogP contribution in [0.4, 0.5) is 0 Å². The maximum Gasteiger partial charge on any atom is 0 e. The Hall–Kier alpha value is 0.449. The first-order chi connectivity index (χ1) is 0. The van der Waals surface area contributed by atoms with E-state index in [1.807, 2.05) is 0 Å². The van der Waals surface area contributed by atoms with E-state index in [1.54, 1.807) is 0 Å². The largest absolute Gasteiger partial charge is 0 e. The van der Waals surface area contributed by atoms with Crippen LogP contribution in [0.1, 0.15) is 0 Å². The van der Waals surface area contributed by atoms with Crippen LogP contribution in [0.2, 0.25) is 0 Å². The first-order valence-electron chi connectivity index (χ1n) is 0. The number of rotatable bonds is 0. The molecule has 0 atom stereocenters. The number of hydrogen-bond acceptors (Lipinski definition) is 0. The molecule has 0 fully saturated rings. The molecule has 0 saturated carbocycles. The second kappa shape index (κ2) is 534. The second-order valence-corrected chi connectivity index (χ2v) is 0. The molecule has 6 heavy (non-hydrogen) atoms. The maximum absolute atomic E-state index is 0. The van der Waals surface area contributed by atoms with Gasteiger partial charge in [0.25, 0.3) is 0 Å². The van der Waals surface area contributed by atoms with Crippen LogP contribution in [-0.4, -0.2) is 0 Å². The molecule has 0 aromatic rings. The molecule has 34 valence electrons. The molecule has 0 aliphatic rings. The van der Waals surface area contributed by atoms with Crippen molar-refractivity contribution < 1.29 is 20.1 Å². The predicted octanol–water partition coefficient (Wildman–Crippen LogP) is -2.41. The van der Waals surface area contributed by atoms with Crippen molar-refractivity contribution >= 4 is 0 Å². The molecule has 0 aliphatic heterocycles. The van der Waals surface area contributed by atoms with E-state index in [0.29, 0.717) is 0 Å². The fourth-order valence-electron chi connectivity index (χ4n) is 0. The topological polar surface area (TPSA) is 152 Å². The van der Waals surface area contributed by atoms with Gasteiger partial charge in [0.2, 0.25) is 0 Å². The molecule has 5 nitrogen and oxygen atoms in total. The van der Waals surface area contributed by atoms with Crippen LogP contribution in [0.25, 0.3) is 0 Å². The minimum Gasteiger partial charge on any atom is 0 e. The Morgan fingerprint density at radius 1 is 0.333 bits per heavy atom. The Balaban J connectivity index is 0. The third-order valence-electron chi connectivity index (χ3n) is 0. The van der Waals surface area contributed by atoms with Crippen molar-refractivity contribution in [3.8, 4) is 0 Å². The summed E-state index contributed by atoms with van der Waals surface area (Å²) >= 11 is 0. The number of hydrogen-bond donors (Lipinski definition) is 0. The third-order valence-corrected chi connectivity index (χ3v) is 0. The Morgan fingerprint density at radius 3 is 0.333 bits per heavy atom. The molecule has 0 amide bonds. The summed E-state index contributed by atoms with van der Waals surface area (Å²) in [5.74, 6) is 0. The van der Waals surface area contributed by atoms with Crippen LogP contribution in [0.15, 0.2) is 0 Å². The van der Waals surface area contributed by atoms with Crippen molar-refractivity contribution in [1.82, 2.24) is 30.8 Å². The summed E-state index contributed by atoms with van der Waals surface area (Å²) < 4.78 is 0. The third kappa shape index (κ3) is 262. The van der Waals surface area contributed by atoms with Gasteiger partial charge in [-0.25, -0.2) is 0 Å². The van der Waals surface area contributed by atoms with Gasteiger partial charge in [-0.3, -0.25) is 0 Å². The molecular formula is IrN5. The summed E-state index contributed by atoms with van der Waals surface area (Å²) in [5, 5.41) is 0. The van der Waals surface area contributed by atoms with E-state index in [9.17, 15) is 0 Å². The zero-order valence-electron chi connectivity index (χ0n) is 2.57. The number of nitrogens with zero attached hydrogens (tertiary/aromatic N) is 5. The van der Waals surface area contributed by atoms with E-state index in [4.69, 9.17) is 0 Å². The SMILES string of the molecule is [Ir].[N].[N].[N].[N].[N]. The van der Waals surface area contributed by atoms with E-state index in [-0.39, 0.29) is 50.9 Å². The van der Waals surface area contributed by atoms with Crippen LogP contribution in [0, 0.1) is 0 Å². The van der Waals surface area contributed by atoms with Crippen LogP contribution in [0.3, 0.4) is 0 Å². The summed E-state index contributed by atoms with van der Waals surface area (Å²) in [6.45, 7) is 0. The molecule has 0 unspecified atom stereocenters. The van der Waals surface area contributed by atoms with Crippen molar-refractivity contribution in [2.24, 2.45) is 0 Å². The standard InChI is InChI=1S/Ir.5N. The van der Waals surface area contributed by atoms with Gasteiger partial charge in [-0.1, -0.05) is 0 Å². The van der Waals surface area contributed by atoms with Gasteiger partial charge in [0.05, 0.1) is 0 Å². The first-order valence-corrected chi connectivity index (χ1v) is 0. The van der Waals surface area contributed by atoms with Gasteiger partial charge >= 0.3 is 0 Å². The Morgan fingerprint density at radius 2 is 0.333 bits per heavy atom. The molecule has 0 spiro atoms. The van der Waals surface area contributed by atoms with E-state index in [0.717, 1.165) is 0 Å². The smallest absolute Gasteiger partial charge is 0 e. The van der Waals surface area contributed by atoms with Crippen LogP contribution >= 0.6 is 0 Å². The van der Waals surface area contributed by atoms with Gasteiger partial charge in [0.15, 0.2) is 0 Å². The summed E-state index contributed by atoms with van der Waals surface area (Å²) in [5.41, 5.74) is 0. The first kappa shape index (κ1) is 948. The van der Waals surface area contributed by atoms with Crippen molar-refractivity contribution in [3.63, 3.8) is 0 Å². The minimum absolute atomic E-state index is 0. The van der Waals surface area contributed by atoms with Crippen molar-refractivity contribution in [2.75, 3.05) is 0 Å². The van der Waals surface area contributed by atoms with Crippen molar-refractivity contribution in [2.45, 2.75) is 0 Å². The van der Waals surface area contributed by atoms with Gasteiger partial charge in [-0.15, -0.1) is 0 Å². The molecule has 0 aromatic heterocycles. The minimum atomic E-state index is 0. The molecule has 0 heterocycles. The molecule has 0 rings (SSSR count). The summed E-state index contributed by atoms with van der Waals surface area (Å²) in [7, 11) is 0. The van der Waals surface area contributed by atoms with E-state index in [1.165, 1.54) is 0 Å². The van der Waals surface area contributed by atoms with E-state index < -0.39 is 0 Å². The van der Waals surface area contributed by atoms with Crippen LogP contribution in [-0.2, 0) is 20.1 Å². The van der Waals surface area contributed by atoms with Crippen LogP contribution in [0.5, 0.6) is 0 Å². The summed E-state index contributed by atoms with van der Waals surface area (Å²) in [6, 6.07) is 0. The molecule has 0 aromatic carbocycles. The summed E-state index contributed by atoms with van der Waals surface area (Å²) in [6.07, 6.45) is 0. The monoisotopic (exact) mass is 263 g/mol. The molecule has 0 bridgehead atoms. The van der Waals surface area contributed by atoms with Gasteiger partial charge < -0.3 is 0 Å². The second-order valence-electron chi connectivity index (χ2n) is 0. The molecule has 0 saturated heterocycles.